The van der Waals surface area contributed by atoms with E-state index in [0.717, 1.165) is 0 Å². The van der Waals surface area contributed by atoms with Crippen LogP contribution in [0.1, 0.15) is 0 Å². The number of hydrogen-bond acceptors (Lipinski definition) is 4. The Morgan fingerprint density at radius 3 is 2.88 bits per heavy atom. The molecule has 6 nitrogen and oxygen atoms in total. The number of anilines is 1. The van der Waals surface area contributed by atoms with Gasteiger partial charge in [0.2, 0.25) is 0 Å². The molecule has 0 bridgehead atoms. The summed E-state index contributed by atoms with van der Waals surface area (Å²) in [4.78, 5) is 3.97. The van der Waals surface area contributed by atoms with Crippen LogP contribution in [0.5, 0.6) is 0 Å². The molecule has 8 heteroatoms. The summed E-state index contributed by atoms with van der Waals surface area (Å²) >= 11 is 3.20. The van der Waals surface area contributed by atoms with Crippen molar-refractivity contribution in [3.8, 4) is 0 Å². The highest BCUT2D eigenvalue weighted by Gasteiger charge is 2.16. The summed E-state index contributed by atoms with van der Waals surface area (Å²) in [7, 11) is -3.63. The zero-order valence-electron chi connectivity index (χ0n) is 7.88. The minimum atomic E-state index is -3.63. The predicted molar refractivity (Wildman–Crippen MR) is 61.3 cm³/mol. The third-order valence-electron chi connectivity index (χ3n) is 1.77. The van der Waals surface area contributed by atoms with E-state index in [1.807, 2.05) is 0 Å². The SMILES string of the molecule is O=S(=O)(Nc1ncccc1Br)c1cn[nH]c1. The molecule has 0 unspecified atom stereocenters. The lowest BCUT2D eigenvalue weighted by Gasteiger charge is -2.06. The molecule has 0 atom stereocenters. The summed E-state index contributed by atoms with van der Waals surface area (Å²) in [6.45, 7) is 0. The van der Waals surface area contributed by atoms with Gasteiger partial charge in [-0.3, -0.25) is 9.82 Å². The number of H-pyrrole nitrogens is 1. The van der Waals surface area contributed by atoms with Crippen molar-refractivity contribution in [2.45, 2.75) is 4.90 Å². The van der Waals surface area contributed by atoms with Crippen molar-refractivity contribution >= 4 is 31.8 Å². The summed E-state index contributed by atoms with van der Waals surface area (Å²) < 4.78 is 26.5. The topological polar surface area (TPSA) is 87.7 Å². The van der Waals surface area contributed by atoms with Crippen molar-refractivity contribution in [1.82, 2.24) is 15.2 Å². The minimum absolute atomic E-state index is 0.0602. The highest BCUT2D eigenvalue weighted by Crippen LogP contribution is 2.21. The van der Waals surface area contributed by atoms with E-state index in [2.05, 4.69) is 35.8 Å². The molecule has 2 N–H and O–H groups in total. The van der Waals surface area contributed by atoms with Crippen LogP contribution in [0.2, 0.25) is 0 Å². The maximum absolute atomic E-state index is 11.8. The first-order valence-electron chi connectivity index (χ1n) is 4.22. The van der Waals surface area contributed by atoms with E-state index < -0.39 is 10.0 Å². The molecule has 16 heavy (non-hydrogen) atoms. The Labute approximate surface area is 100 Å². The largest absolute Gasteiger partial charge is 0.284 e. The predicted octanol–water partition coefficient (Wildman–Crippen LogP) is 1.37. The molecule has 0 fully saturated rings. The smallest absolute Gasteiger partial charge is 0.266 e. The highest BCUT2D eigenvalue weighted by molar-refractivity contribution is 9.10. The van der Waals surface area contributed by atoms with Crippen LogP contribution in [0.4, 0.5) is 5.82 Å². The summed E-state index contributed by atoms with van der Waals surface area (Å²) in [5.74, 6) is 0.240. The fourth-order valence-corrected chi connectivity index (χ4v) is 2.45. The van der Waals surface area contributed by atoms with Gasteiger partial charge in [0.25, 0.3) is 10.0 Å². The summed E-state index contributed by atoms with van der Waals surface area (Å²) in [5, 5.41) is 6.01. The van der Waals surface area contributed by atoms with Gasteiger partial charge in [-0.1, -0.05) is 0 Å². The number of aromatic amines is 1. The molecule has 0 aliphatic carbocycles. The van der Waals surface area contributed by atoms with Crippen LogP contribution in [-0.4, -0.2) is 23.6 Å². The second kappa shape index (κ2) is 4.22. The molecule has 2 heterocycles. The van der Waals surface area contributed by atoms with Crippen molar-refractivity contribution in [1.29, 1.82) is 0 Å². The van der Waals surface area contributed by atoms with Crippen molar-refractivity contribution in [2.24, 2.45) is 0 Å². The Hall–Kier alpha value is -1.41. The molecule has 0 amide bonds. The van der Waals surface area contributed by atoms with Gasteiger partial charge in [-0.25, -0.2) is 13.4 Å². The molecule has 2 aromatic rings. The van der Waals surface area contributed by atoms with Crippen LogP contribution < -0.4 is 4.72 Å². The molecule has 0 aliphatic rings. The quantitative estimate of drug-likeness (QED) is 0.896. The van der Waals surface area contributed by atoms with Crippen LogP contribution in [0.15, 0.2) is 40.1 Å². The van der Waals surface area contributed by atoms with Crippen LogP contribution in [0, 0.1) is 0 Å². The van der Waals surface area contributed by atoms with Gasteiger partial charge in [-0.2, -0.15) is 5.10 Å². The van der Waals surface area contributed by atoms with Crippen LogP contribution in [0.3, 0.4) is 0 Å². The summed E-state index contributed by atoms with van der Waals surface area (Å²) in [5.41, 5.74) is 0. The zero-order chi connectivity index (χ0) is 11.6. The molecule has 0 saturated heterocycles. The van der Waals surface area contributed by atoms with E-state index in [1.54, 1.807) is 12.1 Å². The van der Waals surface area contributed by atoms with Gasteiger partial charge in [-0.05, 0) is 28.1 Å². The molecule has 0 saturated carbocycles. The second-order valence-electron chi connectivity index (χ2n) is 2.87. The molecule has 2 aromatic heterocycles. The number of nitrogens with one attached hydrogen (secondary N) is 2. The Morgan fingerprint density at radius 2 is 2.25 bits per heavy atom. The van der Waals surface area contributed by atoms with E-state index in [-0.39, 0.29) is 10.7 Å². The fraction of sp³-hybridized carbons (Fsp3) is 0. The maximum atomic E-state index is 11.8. The standard InChI is InChI=1S/C8H7BrN4O2S/c9-7-2-1-3-10-8(7)13-16(14,15)6-4-11-12-5-6/h1-5H,(H,10,13)(H,11,12). The van der Waals surface area contributed by atoms with Crippen LogP contribution in [-0.2, 0) is 10.0 Å². The normalized spacial score (nSPS) is 11.3. The van der Waals surface area contributed by atoms with Gasteiger partial charge < -0.3 is 0 Å². The number of aromatic nitrogens is 3. The molecule has 0 aromatic carbocycles. The summed E-state index contributed by atoms with van der Waals surface area (Å²) in [6.07, 6.45) is 4.01. The Morgan fingerprint density at radius 1 is 1.44 bits per heavy atom. The lowest BCUT2D eigenvalue weighted by Crippen LogP contribution is -2.13. The Balaban J connectivity index is 2.33. The average Bonchev–Trinajstić information content (AvgIpc) is 2.75. The van der Waals surface area contributed by atoms with Crippen LogP contribution in [0.25, 0.3) is 0 Å². The van der Waals surface area contributed by atoms with Gasteiger partial charge in [0, 0.05) is 12.4 Å². The molecular weight excluding hydrogens is 296 g/mol. The number of nitrogens with zero attached hydrogens (tertiary/aromatic N) is 2. The molecule has 0 radical (unpaired) electrons. The third kappa shape index (κ3) is 2.22. The van der Waals surface area contributed by atoms with Gasteiger partial charge in [0.05, 0.1) is 10.7 Å². The molecule has 0 spiro atoms. The van der Waals surface area contributed by atoms with Crippen molar-refractivity contribution in [3.05, 3.63) is 35.2 Å². The van der Waals surface area contributed by atoms with Gasteiger partial charge >= 0.3 is 0 Å². The van der Waals surface area contributed by atoms with Gasteiger partial charge in [0.15, 0.2) is 5.82 Å². The molecule has 0 aliphatic heterocycles. The number of rotatable bonds is 3. The minimum Gasteiger partial charge on any atom is -0.284 e. The first-order valence-corrected chi connectivity index (χ1v) is 6.49. The monoisotopic (exact) mass is 302 g/mol. The number of halogens is 1. The number of hydrogen-bond donors (Lipinski definition) is 2. The Bertz CT molecular complexity index is 582. The molecular formula is C8H7BrN4O2S. The van der Waals surface area contributed by atoms with Gasteiger partial charge in [0.1, 0.15) is 4.90 Å². The molecule has 84 valence electrons. The fourth-order valence-electron chi connectivity index (χ4n) is 1.03. The van der Waals surface area contributed by atoms with E-state index in [4.69, 9.17) is 0 Å². The van der Waals surface area contributed by atoms with E-state index in [9.17, 15) is 8.42 Å². The lowest BCUT2D eigenvalue weighted by atomic mass is 10.5. The van der Waals surface area contributed by atoms with Crippen molar-refractivity contribution in [3.63, 3.8) is 0 Å². The average molecular weight is 303 g/mol. The lowest BCUT2D eigenvalue weighted by molar-refractivity contribution is 0.601. The number of sulfonamides is 1. The van der Waals surface area contributed by atoms with E-state index in [0.29, 0.717) is 4.47 Å². The third-order valence-corrected chi connectivity index (χ3v) is 3.72. The van der Waals surface area contributed by atoms with Crippen molar-refractivity contribution in [2.75, 3.05) is 4.72 Å². The first kappa shape index (κ1) is 11.1. The number of pyridine rings is 1. The van der Waals surface area contributed by atoms with Gasteiger partial charge in [-0.15, -0.1) is 0 Å². The van der Waals surface area contributed by atoms with E-state index >= 15 is 0 Å². The summed E-state index contributed by atoms with van der Waals surface area (Å²) in [6, 6.07) is 3.39. The second-order valence-corrected chi connectivity index (χ2v) is 5.41. The zero-order valence-corrected chi connectivity index (χ0v) is 10.3. The van der Waals surface area contributed by atoms with Crippen LogP contribution >= 0.6 is 15.9 Å². The maximum Gasteiger partial charge on any atom is 0.266 e. The molecule has 2 rings (SSSR count). The van der Waals surface area contributed by atoms with E-state index in [1.165, 1.54) is 18.6 Å². The Kier molecular flexibility index (Phi) is 2.92. The first-order chi connectivity index (χ1) is 7.59. The van der Waals surface area contributed by atoms with Crippen molar-refractivity contribution < 1.29 is 8.42 Å². The highest BCUT2D eigenvalue weighted by atomic mass is 79.9.